The van der Waals surface area contributed by atoms with Gasteiger partial charge in [0.1, 0.15) is 29.4 Å². The number of ether oxygens (including phenoxy) is 1. The second-order valence-corrected chi connectivity index (χ2v) is 9.59. The van der Waals surface area contributed by atoms with Crippen molar-refractivity contribution in [3.8, 4) is 17.2 Å². The fourth-order valence-corrected chi connectivity index (χ4v) is 3.93. The highest BCUT2D eigenvalue weighted by Gasteiger charge is 2.36. The van der Waals surface area contributed by atoms with Crippen LogP contribution in [0.5, 0.6) is 0 Å². The smallest absolute Gasteiger partial charge is 0.410 e. The maximum absolute atomic E-state index is 13.1. The zero-order valence-electron chi connectivity index (χ0n) is 20.3. The molecule has 3 rings (SSSR count). The fourth-order valence-electron chi connectivity index (χ4n) is 3.93. The van der Waals surface area contributed by atoms with Gasteiger partial charge in [-0.05, 0) is 63.3 Å². The summed E-state index contributed by atoms with van der Waals surface area (Å²) in [5.41, 5.74) is 7.83. The highest BCUT2D eigenvalue weighted by atomic mass is 16.6. The lowest BCUT2D eigenvalue weighted by atomic mass is 9.99. The minimum absolute atomic E-state index is 0.214. The van der Waals surface area contributed by atoms with Gasteiger partial charge in [0.2, 0.25) is 11.8 Å². The van der Waals surface area contributed by atoms with Crippen LogP contribution in [-0.4, -0.2) is 52.0 Å². The number of nitrogens with one attached hydrogen (secondary N) is 1. The van der Waals surface area contributed by atoms with Gasteiger partial charge in [0.15, 0.2) is 0 Å². The van der Waals surface area contributed by atoms with Crippen LogP contribution in [0.2, 0.25) is 0 Å². The highest BCUT2D eigenvalue weighted by molar-refractivity contribution is 5.91. The number of likely N-dealkylation sites (tertiary alicyclic amines) is 1. The van der Waals surface area contributed by atoms with Crippen LogP contribution in [-0.2, 0) is 20.7 Å². The molecular weight excluding hydrogens is 446 g/mol. The van der Waals surface area contributed by atoms with Crippen LogP contribution in [0.15, 0.2) is 42.6 Å². The van der Waals surface area contributed by atoms with Crippen LogP contribution in [0.3, 0.4) is 0 Å². The molecule has 1 saturated heterocycles. The van der Waals surface area contributed by atoms with Crippen molar-refractivity contribution in [3.63, 3.8) is 0 Å². The van der Waals surface area contributed by atoms with Crippen LogP contribution in [0.1, 0.15) is 51.3 Å². The standard InChI is InChI=1S/C26H31N5O4/c1-26(2,3)35-25(34)31-13-5-4-6-22(31)24(33)30-21(23(28)32)14-17-7-9-18(10-8-17)19-11-12-20(15-27)29-16-19/h7-12,16,21-22H,4-6,13-14H2,1-3H3,(H2,28,32)(H,30,33). The Bertz CT molecular complexity index is 1100. The minimum Gasteiger partial charge on any atom is -0.444 e. The van der Waals surface area contributed by atoms with E-state index >= 15 is 0 Å². The molecule has 0 radical (unpaired) electrons. The number of carbonyl (C=O) groups excluding carboxylic acids is 3. The fraction of sp³-hybridized carbons (Fsp3) is 0.423. The van der Waals surface area contributed by atoms with Crippen molar-refractivity contribution in [2.45, 2.75) is 64.1 Å². The van der Waals surface area contributed by atoms with Crippen molar-refractivity contribution in [2.24, 2.45) is 5.73 Å². The lowest BCUT2D eigenvalue weighted by Crippen LogP contribution is -2.56. The molecule has 1 aromatic carbocycles. The summed E-state index contributed by atoms with van der Waals surface area (Å²) in [6.45, 7) is 5.74. The van der Waals surface area contributed by atoms with E-state index in [2.05, 4.69) is 10.3 Å². The van der Waals surface area contributed by atoms with E-state index in [0.29, 0.717) is 18.7 Å². The molecule has 9 nitrogen and oxygen atoms in total. The summed E-state index contributed by atoms with van der Waals surface area (Å²) in [7, 11) is 0. The first kappa shape index (κ1) is 25.7. The van der Waals surface area contributed by atoms with E-state index in [4.69, 9.17) is 15.7 Å². The summed E-state index contributed by atoms with van der Waals surface area (Å²) < 4.78 is 5.46. The molecule has 1 fully saturated rings. The molecule has 184 valence electrons. The van der Waals surface area contributed by atoms with Crippen LogP contribution in [0.4, 0.5) is 4.79 Å². The summed E-state index contributed by atoms with van der Waals surface area (Å²) in [4.78, 5) is 43.4. The van der Waals surface area contributed by atoms with Crippen LogP contribution in [0, 0.1) is 11.3 Å². The van der Waals surface area contributed by atoms with Gasteiger partial charge in [-0.15, -0.1) is 0 Å². The SMILES string of the molecule is CC(C)(C)OC(=O)N1CCCCC1C(=O)NC(Cc1ccc(-c2ccc(C#N)nc2)cc1)C(N)=O. The van der Waals surface area contributed by atoms with Gasteiger partial charge in [-0.1, -0.05) is 24.3 Å². The number of rotatable bonds is 6. The van der Waals surface area contributed by atoms with Crippen LogP contribution in [0.25, 0.3) is 11.1 Å². The predicted molar refractivity (Wildman–Crippen MR) is 130 cm³/mol. The van der Waals surface area contributed by atoms with Crippen LogP contribution < -0.4 is 11.1 Å². The average Bonchev–Trinajstić information content (AvgIpc) is 2.83. The Balaban J connectivity index is 1.68. The number of nitrogens with zero attached hydrogens (tertiary/aromatic N) is 3. The lowest BCUT2D eigenvalue weighted by Gasteiger charge is -2.36. The Labute approximate surface area is 205 Å². The van der Waals surface area contributed by atoms with Gasteiger partial charge in [0.05, 0.1) is 0 Å². The molecular formula is C26H31N5O4. The Hall–Kier alpha value is -3.93. The molecule has 1 aliphatic rings. The molecule has 0 bridgehead atoms. The van der Waals surface area contributed by atoms with E-state index in [1.54, 1.807) is 33.0 Å². The van der Waals surface area contributed by atoms with E-state index in [0.717, 1.165) is 29.5 Å². The van der Waals surface area contributed by atoms with Gasteiger partial charge < -0.3 is 15.8 Å². The largest absolute Gasteiger partial charge is 0.444 e. The van der Waals surface area contributed by atoms with Gasteiger partial charge in [0.25, 0.3) is 0 Å². The summed E-state index contributed by atoms with van der Waals surface area (Å²) in [6.07, 6.45) is 3.37. The quantitative estimate of drug-likeness (QED) is 0.656. The van der Waals surface area contributed by atoms with Gasteiger partial charge >= 0.3 is 6.09 Å². The molecule has 35 heavy (non-hydrogen) atoms. The van der Waals surface area contributed by atoms with Gasteiger partial charge in [0, 0.05) is 24.7 Å². The van der Waals surface area contributed by atoms with Crippen molar-refractivity contribution in [3.05, 3.63) is 53.9 Å². The second kappa shape index (κ2) is 11.0. The van der Waals surface area contributed by atoms with Crippen molar-refractivity contribution >= 4 is 17.9 Å². The Morgan fingerprint density at radius 3 is 2.43 bits per heavy atom. The number of carbonyl (C=O) groups is 3. The molecule has 3 N–H and O–H groups in total. The number of hydrogen-bond acceptors (Lipinski definition) is 6. The second-order valence-electron chi connectivity index (χ2n) is 9.59. The highest BCUT2D eigenvalue weighted by Crippen LogP contribution is 2.22. The van der Waals surface area contributed by atoms with Crippen molar-refractivity contribution < 1.29 is 19.1 Å². The number of piperidine rings is 1. The molecule has 9 heteroatoms. The summed E-state index contributed by atoms with van der Waals surface area (Å²) in [5.74, 6) is -1.07. The van der Waals surface area contributed by atoms with Crippen LogP contribution >= 0.6 is 0 Å². The number of amides is 3. The number of nitriles is 1. The Kier molecular flexibility index (Phi) is 8.07. The van der Waals surface area contributed by atoms with Gasteiger partial charge in [-0.2, -0.15) is 5.26 Å². The number of benzene rings is 1. The summed E-state index contributed by atoms with van der Waals surface area (Å²) >= 11 is 0. The molecule has 1 aromatic heterocycles. The number of hydrogen-bond donors (Lipinski definition) is 2. The average molecular weight is 478 g/mol. The maximum atomic E-state index is 13.1. The molecule has 0 aliphatic carbocycles. The van der Waals surface area contributed by atoms with Crippen molar-refractivity contribution in [1.29, 1.82) is 5.26 Å². The molecule has 2 unspecified atom stereocenters. The Morgan fingerprint density at radius 1 is 1.17 bits per heavy atom. The monoisotopic (exact) mass is 477 g/mol. The third kappa shape index (κ3) is 7.03. The topological polar surface area (TPSA) is 138 Å². The first-order valence-electron chi connectivity index (χ1n) is 11.6. The maximum Gasteiger partial charge on any atom is 0.410 e. The van der Waals surface area contributed by atoms with E-state index in [1.165, 1.54) is 4.90 Å². The first-order chi connectivity index (χ1) is 16.6. The van der Waals surface area contributed by atoms with Crippen molar-refractivity contribution in [2.75, 3.05) is 6.54 Å². The number of nitrogens with two attached hydrogens (primary N) is 1. The van der Waals surface area contributed by atoms with E-state index in [1.807, 2.05) is 36.4 Å². The molecule has 3 amide bonds. The number of pyridine rings is 1. The molecule has 0 saturated carbocycles. The predicted octanol–water partition coefficient (Wildman–Crippen LogP) is 2.92. The van der Waals surface area contributed by atoms with Gasteiger partial charge in [-0.3, -0.25) is 14.5 Å². The minimum atomic E-state index is -0.924. The molecule has 2 heterocycles. The lowest BCUT2D eigenvalue weighted by molar-refractivity contribution is -0.131. The normalized spacial score (nSPS) is 16.6. The molecule has 2 aromatic rings. The van der Waals surface area contributed by atoms with Crippen molar-refractivity contribution in [1.82, 2.24) is 15.2 Å². The molecule has 0 spiro atoms. The summed E-state index contributed by atoms with van der Waals surface area (Å²) in [5, 5.41) is 11.6. The summed E-state index contributed by atoms with van der Waals surface area (Å²) in [6, 6.07) is 11.3. The van der Waals surface area contributed by atoms with E-state index in [-0.39, 0.29) is 6.42 Å². The zero-order chi connectivity index (χ0) is 25.6. The molecule has 2 atom stereocenters. The third-order valence-corrected chi connectivity index (χ3v) is 5.70. The zero-order valence-corrected chi connectivity index (χ0v) is 20.3. The first-order valence-corrected chi connectivity index (χ1v) is 11.6. The Morgan fingerprint density at radius 2 is 1.86 bits per heavy atom. The van der Waals surface area contributed by atoms with E-state index in [9.17, 15) is 14.4 Å². The number of primary amides is 1. The van der Waals surface area contributed by atoms with Gasteiger partial charge in [-0.25, -0.2) is 9.78 Å². The molecule has 1 aliphatic heterocycles. The third-order valence-electron chi connectivity index (χ3n) is 5.70. The number of aromatic nitrogens is 1. The van der Waals surface area contributed by atoms with E-state index < -0.39 is 35.6 Å².